The minimum absolute atomic E-state index is 0.0403. The molecule has 226 valence electrons. The molecule has 0 aromatic heterocycles. The zero-order valence-corrected chi connectivity index (χ0v) is 23.8. The van der Waals surface area contributed by atoms with Crippen LogP contribution < -0.4 is 16.4 Å². The first-order chi connectivity index (χ1) is 19.4. The molecule has 0 bridgehead atoms. The zero-order chi connectivity index (χ0) is 31.5. The summed E-state index contributed by atoms with van der Waals surface area (Å²) in [6.45, 7) is 4.47. The van der Waals surface area contributed by atoms with E-state index in [-0.39, 0.29) is 29.7 Å². The van der Waals surface area contributed by atoms with Gasteiger partial charge in [0.05, 0.1) is 17.3 Å². The lowest BCUT2D eigenvalue weighted by Crippen LogP contribution is -2.65. The number of phenolic OH excluding ortho intramolecular Hbond substituents is 1. The van der Waals surface area contributed by atoms with Crippen molar-refractivity contribution in [1.82, 2.24) is 10.2 Å². The number of rotatable bonds is 5. The summed E-state index contributed by atoms with van der Waals surface area (Å²) < 4.78 is 5.07. The lowest BCUT2D eigenvalue weighted by Gasteiger charge is -2.50. The molecule has 0 saturated heterocycles. The second kappa shape index (κ2) is 10.4. The van der Waals surface area contributed by atoms with Crippen LogP contribution in [0.2, 0.25) is 0 Å². The Labute approximate surface area is 240 Å². The molecule has 1 aromatic rings. The van der Waals surface area contributed by atoms with Crippen LogP contribution >= 0.6 is 0 Å². The van der Waals surface area contributed by atoms with Gasteiger partial charge in [0, 0.05) is 11.5 Å². The second-order valence-electron chi connectivity index (χ2n) is 11.9. The van der Waals surface area contributed by atoms with Gasteiger partial charge in [-0.25, -0.2) is 4.79 Å². The van der Waals surface area contributed by atoms with Crippen LogP contribution in [0, 0.1) is 11.8 Å². The molecular weight excluding hydrogens is 552 g/mol. The molecular formula is C28H34N4O10. The number of alkyl carbamates (subject to hydrolysis) is 1. The van der Waals surface area contributed by atoms with Gasteiger partial charge in [0.2, 0.25) is 11.7 Å². The van der Waals surface area contributed by atoms with Gasteiger partial charge in [0.1, 0.15) is 35.0 Å². The minimum atomic E-state index is -2.75. The first-order valence-electron chi connectivity index (χ1n) is 13.2. The SMILES string of the molecule is CN(C)C1C(=O)C(C(N)=O)=C(O)C2(O)C(=O)C3=C(O)c4c(ccc(NC(=O)CNC(=O)OC(C)(C)C)c4O)CC3CC12. The fraction of sp³-hybridized carbons (Fsp3) is 0.464. The van der Waals surface area contributed by atoms with Crippen molar-refractivity contribution in [3.05, 3.63) is 40.2 Å². The molecule has 0 radical (unpaired) electrons. The first-order valence-corrected chi connectivity index (χ1v) is 13.2. The number of aliphatic hydroxyl groups is 3. The number of Topliss-reactive ketones (excluding diaryl/α,β-unsaturated/α-hetero) is 2. The molecule has 14 heteroatoms. The van der Waals surface area contributed by atoms with Crippen molar-refractivity contribution in [2.24, 2.45) is 17.6 Å². The van der Waals surface area contributed by atoms with E-state index in [2.05, 4.69) is 10.6 Å². The number of amides is 3. The summed E-state index contributed by atoms with van der Waals surface area (Å²) in [5.74, 6) is -8.36. The van der Waals surface area contributed by atoms with Crippen LogP contribution in [-0.2, 0) is 30.3 Å². The van der Waals surface area contributed by atoms with Gasteiger partial charge in [-0.2, -0.15) is 0 Å². The predicted octanol–water partition coefficient (Wildman–Crippen LogP) is 0.427. The van der Waals surface area contributed by atoms with Crippen LogP contribution in [0.25, 0.3) is 5.76 Å². The van der Waals surface area contributed by atoms with Crippen molar-refractivity contribution in [2.45, 2.75) is 50.9 Å². The lowest BCUT2D eigenvalue weighted by molar-refractivity contribution is -0.153. The fourth-order valence-electron chi connectivity index (χ4n) is 5.98. The highest BCUT2D eigenvalue weighted by molar-refractivity contribution is 6.24. The quantitative estimate of drug-likeness (QED) is 0.185. The molecule has 0 aliphatic heterocycles. The normalized spacial score (nSPS) is 25.5. The Kier molecular flexibility index (Phi) is 7.59. The summed E-state index contributed by atoms with van der Waals surface area (Å²) in [4.78, 5) is 64.8. The Bertz CT molecular complexity index is 1470. The summed E-state index contributed by atoms with van der Waals surface area (Å²) in [7, 11) is 3.04. The first kappa shape index (κ1) is 30.5. The molecule has 4 atom stereocenters. The Morgan fingerprint density at radius 2 is 1.79 bits per heavy atom. The number of aromatic hydroxyl groups is 1. The summed E-state index contributed by atoms with van der Waals surface area (Å²) in [5.41, 5.74) is 0.690. The number of likely N-dealkylation sites (N-methyl/N-ethyl adjacent to an activating group) is 1. The topological polar surface area (TPSA) is 229 Å². The van der Waals surface area contributed by atoms with Gasteiger partial charge >= 0.3 is 6.09 Å². The molecule has 3 amide bonds. The van der Waals surface area contributed by atoms with Gasteiger partial charge in [-0.3, -0.25) is 24.1 Å². The van der Waals surface area contributed by atoms with Crippen molar-refractivity contribution in [3.8, 4) is 5.75 Å². The molecule has 0 spiro atoms. The molecule has 3 aliphatic rings. The third-order valence-electron chi connectivity index (χ3n) is 7.66. The zero-order valence-electron chi connectivity index (χ0n) is 23.8. The Hall–Kier alpha value is -4.43. The highest BCUT2D eigenvalue weighted by Crippen LogP contribution is 2.53. The number of ether oxygens (including phenoxy) is 1. The maximum absolute atomic E-state index is 13.9. The maximum atomic E-state index is 13.9. The molecule has 4 rings (SSSR count). The average molecular weight is 587 g/mol. The molecule has 4 unspecified atom stereocenters. The number of nitrogens with one attached hydrogen (secondary N) is 2. The van der Waals surface area contributed by atoms with E-state index in [0.29, 0.717) is 5.56 Å². The number of fused-ring (bicyclic) bond motifs is 3. The molecule has 42 heavy (non-hydrogen) atoms. The highest BCUT2D eigenvalue weighted by Gasteiger charge is 2.64. The van der Waals surface area contributed by atoms with E-state index >= 15 is 0 Å². The molecule has 14 nitrogen and oxygen atoms in total. The Balaban J connectivity index is 1.70. The summed E-state index contributed by atoms with van der Waals surface area (Å²) >= 11 is 0. The van der Waals surface area contributed by atoms with E-state index < -0.39 is 87.9 Å². The number of nitrogens with two attached hydrogens (primary N) is 1. The molecule has 1 saturated carbocycles. The van der Waals surface area contributed by atoms with Crippen LogP contribution in [0.3, 0.4) is 0 Å². The number of hydrogen-bond donors (Lipinski definition) is 7. The van der Waals surface area contributed by atoms with E-state index in [4.69, 9.17) is 10.5 Å². The number of carbonyl (C=O) groups is 5. The molecule has 0 heterocycles. The number of benzene rings is 1. The third-order valence-corrected chi connectivity index (χ3v) is 7.66. The van der Waals surface area contributed by atoms with E-state index in [1.807, 2.05) is 0 Å². The monoisotopic (exact) mass is 586 g/mol. The van der Waals surface area contributed by atoms with Crippen molar-refractivity contribution >= 4 is 40.9 Å². The predicted molar refractivity (Wildman–Crippen MR) is 147 cm³/mol. The largest absolute Gasteiger partial charge is 0.508 e. The smallest absolute Gasteiger partial charge is 0.408 e. The number of phenols is 1. The van der Waals surface area contributed by atoms with Gasteiger partial charge in [0.15, 0.2) is 11.4 Å². The Morgan fingerprint density at radius 3 is 2.36 bits per heavy atom. The maximum Gasteiger partial charge on any atom is 0.408 e. The summed E-state index contributed by atoms with van der Waals surface area (Å²) in [6.07, 6.45) is -0.761. The van der Waals surface area contributed by atoms with Gasteiger partial charge in [0.25, 0.3) is 5.91 Å². The van der Waals surface area contributed by atoms with Crippen molar-refractivity contribution in [1.29, 1.82) is 0 Å². The van der Waals surface area contributed by atoms with Crippen molar-refractivity contribution < 1.29 is 49.1 Å². The fourth-order valence-corrected chi connectivity index (χ4v) is 5.98. The van der Waals surface area contributed by atoms with Gasteiger partial charge in [-0.05, 0) is 65.3 Å². The van der Waals surface area contributed by atoms with Crippen LogP contribution in [0.5, 0.6) is 5.75 Å². The van der Waals surface area contributed by atoms with Crippen LogP contribution in [-0.4, -0.2) is 92.7 Å². The number of hydrogen-bond acceptors (Lipinski definition) is 11. The van der Waals surface area contributed by atoms with Crippen molar-refractivity contribution in [2.75, 3.05) is 26.0 Å². The van der Waals surface area contributed by atoms with Crippen LogP contribution in [0.15, 0.2) is 29.0 Å². The third kappa shape index (κ3) is 4.96. The van der Waals surface area contributed by atoms with Gasteiger partial charge < -0.3 is 41.5 Å². The van der Waals surface area contributed by atoms with Gasteiger partial charge in [-0.1, -0.05) is 6.07 Å². The highest BCUT2D eigenvalue weighted by atomic mass is 16.6. The van der Waals surface area contributed by atoms with E-state index in [9.17, 15) is 44.4 Å². The van der Waals surface area contributed by atoms with Crippen LogP contribution in [0.1, 0.15) is 38.3 Å². The summed E-state index contributed by atoms with van der Waals surface area (Å²) in [6, 6.07) is 1.74. The number of nitrogens with zero attached hydrogens (tertiary/aromatic N) is 1. The van der Waals surface area contributed by atoms with Crippen LogP contribution in [0.4, 0.5) is 10.5 Å². The second-order valence-corrected chi connectivity index (χ2v) is 11.9. The van der Waals surface area contributed by atoms with E-state index in [0.717, 1.165) is 0 Å². The standard InChI is InChI=1S/C28H34N4O10/c1-27(2,3)42-26(40)30-10-15(33)31-14-7-6-11-8-12-9-13-19(32(4)5)22(36)18(25(29)39)24(38)28(13,41)23(37)17(12)21(35)16(11)20(14)34/h6-7,12-13,19,34-35,38,41H,8-10H2,1-5H3,(H2,29,39)(H,30,40)(H,31,33). The van der Waals surface area contributed by atoms with Crippen molar-refractivity contribution in [3.63, 3.8) is 0 Å². The van der Waals surface area contributed by atoms with E-state index in [1.165, 1.54) is 31.1 Å². The molecule has 1 fully saturated rings. The number of ketones is 2. The number of aliphatic hydroxyl groups excluding tert-OH is 2. The number of carbonyl (C=O) groups excluding carboxylic acids is 5. The molecule has 1 aromatic carbocycles. The summed E-state index contributed by atoms with van der Waals surface area (Å²) in [5, 5.41) is 49.5. The Morgan fingerprint density at radius 1 is 1.14 bits per heavy atom. The lowest BCUT2D eigenvalue weighted by atomic mass is 9.57. The molecule has 3 aliphatic carbocycles. The minimum Gasteiger partial charge on any atom is -0.508 e. The van der Waals surface area contributed by atoms with E-state index in [1.54, 1.807) is 20.8 Å². The molecule has 8 N–H and O–H groups in total. The average Bonchev–Trinajstić information content (AvgIpc) is 2.85. The number of anilines is 1. The number of primary amides is 1. The van der Waals surface area contributed by atoms with Gasteiger partial charge in [-0.15, -0.1) is 0 Å².